The SMILES string of the molecule is CCOC(=O)c1cc(/C=C/c2ccc3ncccc3c2)on1. The molecule has 0 aliphatic carbocycles. The van der Waals surface area contributed by atoms with E-state index >= 15 is 0 Å². The Kier molecular flexibility index (Phi) is 3.96. The molecule has 0 N–H and O–H groups in total. The summed E-state index contributed by atoms with van der Waals surface area (Å²) in [5, 5.41) is 4.75. The maximum atomic E-state index is 11.5. The van der Waals surface area contributed by atoms with Crippen molar-refractivity contribution >= 4 is 29.0 Å². The normalized spacial score (nSPS) is 11.1. The first kappa shape index (κ1) is 14.0. The monoisotopic (exact) mass is 294 g/mol. The van der Waals surface area contributed by atoms with Gasteiger partial charge in [-0.15, -0.1) is 0 Å². The van der Waals surface area contributed by atoms with Crippen molar-refractivity contribution in [2.24, 2.45) is 0 Å². The van der Waals surface area contributed by atoms with E-state index in [9.17, 15) is 4.79 Å². The smallest absolute Gasteiger partial charge is 0.360 e. The number of hydrogen-bond donors (Lipinski definition) is 0. The number of hydrogen-bond acceptors (Lipinski definition) is 5. The summed E-state index contributed by atoms with van der Waals surface area (Å²) in [6.45, 7) is 2.05. The van der Waals surface area contributed by atoms with Gasteiger partial charge in [-0.25, -0.2) is 4.79 Å². The molecule has 110 valence electrons. The van der Waals surface area contributed by atoms with E-state index in [1.54, 1.807) is 25.3 Å². The second-order valence-corrected chi connectivity index (χ2v) is 4.62. The Balaban J connectivity index is 1.79. The molecule has 0 aliphatic rings. The Morgan fingerprint density at radius 1 is 1.27 bits per heavy atom. The second-order valence-electron chi connectivity index (χ2n) is 4.62. The molecular weight excluding hydrogens is 280 g/mol. The number of pyridine rings is 1. The zero-order valence-electron chi connectivity index (χ0n) is 12.0. The number of esters is 1. The van der Waals surface area contributed by atoms with E-state index in [1.807, 2.05) is 36.4 Å². The van der Waals surface area contributed by atoms with Gasteiger partial charge in [0.05, 0.1) is 12.1 Å². The lowest BCUT2D eigenvalue weighted by Gasteiger charge is -1.97. The van der Waals surface area contributed by atoms with Crippen LogP contribution in [0.4, 0.5) is 0 Å². The van der Waals surface area contributed by atoms with Crippen molar-refractivity contribution in [2.75, 3.05) is 6.61 Å². The van der Waals surface area contributed by atoms with Gasteiger partial charge in [0.15, 0.2) is 11.5 Å². The minimum absolute atomic E-state index is 0.171. The van der Waals surface area contributed by atoms with Crippen molar-refractivity contribution in [1.29, 1.82) is 0 Å². The van der Waals surface area contributed by atoms with Gasteiger partial charge in [-0.05, 0) is 36.8 Å². The molecule has 0 spiro atoms. The van der Waals surface area contributed by atoms with E-state index in [-0.39, 0.29) is 5.69 Å². The number of ether oxygens (including phenoxy) is 1. The highest BCUT2D eigenvalue weighted by atomic mass is 16.5. The van der Waals surface area contributed by atoms with E-state index < -0.39 is 5.97 Å². The molecule has 0 saturated heterocycles. The fourth-order valence-corrected chi connectivity index (χ4v) is 2.05. The number of carbonyl (C=O) groups is 1. The highest BCUT2D eigenvalue weighted by Gasteiger charge is 2.11. The zero-order valence-corrected chi connectivity index (χ0v) is 12.0. The van der Waals surface area contributed by atoms with Crippen molar-refractivity contribution in [2.45, 2.75) is 6.92 Å². The van der Waals surface area contributed by atoms with Crippen LogP contribution in [0, 0.1) is 0 Å². The number of aromatic nitrogens is 2. The molecule has 22 heavy (non-hydrogen) atoms. The predicted molar refractivity (Wildman–Crippen MR) is 83.1 cm³/mol. The van der Waals surface area contributed by atoms with Crippen LogP contribution >= 0.6 is 0 Å². The molecule has 0 unspecified atom stereocenters. The van der Waals surface area contributed by atoms with E-state index in [0.29, 0.717) is 12.4 Å². The van der Waals surface area contributed by atoms with Crippen molar-refractivity contribution in [3.05, 3.63) is 59.6 Å². The van der Waals surface area contributed by atoms with Gasteiger partial charge in [-0.2, -0.15) is 0 Å². The topological polar surface area (TPSA) is 65.2 Å². The van der Waals surface area contributed by atoms with Crippen molar-refractivity contribution in [3.8, 4) is 0 Å². The average molecular weight is 294 g/mol. The summed E-state index contributed by atoms with van der Waals surface area (Å²) in [6, 6.07) is 11.4. The lowest BCUT2D eigenvalue weighted by atomic mass is 10.1. The molecule has 0 aliphatic heterocycles. The van der Waals surface area contributed by atoms with Crippen molar-refractivity contribution in [1.82, 2.24) is 10.1 Å². The maximum Gasteiger partial charge on any atom is 0.360 e. The Morgan fingerprint density at radius 2 is 2.18 bits per heavy atom. The standard InChI is InChI=1S/C17H14N2O3/c1-2-21-17(20)16-11-14(22-19-16)7-5-12-6-8-15-13(10-12)4-3-9-18-15/h3-11H,2H2,1H3/b7-5+. The van der Waals surface area contributed by atoms with Gasteiger partial charge in [-0.1, -0.05) is 23.4 Å². The maximum absolute atomic E-state index is 11.5. The summed E-state index contributed by atoms with van der Waals surface area (Å²) in [6.07, 6.45) is 5.42. The Morgan fingerprint density at radius 3 is 3.05 bits per heavy atom. The first-order valence-electron chi connectivity index (χ1n) is 6.93. The minimum Gasteiger partial charge on any atom is -0.461 e. The second kappa shape index (κ2) is 6.22. The van der Waals surface area contributed by atoms with Gasteiger partial charge in [0.2, 0.25) is 0 Å². The number of fused-ring (bicyclic) bond motifs is 1. The summed E-state index contributed by atoms with van der Waals surface area (Å²) in [4.78, 5) is 15.8. The molecule has 2 aromatic heterocycles. The van der Waals surface area contributed by atoms with Gasteiger partial charge < -0.3 is 9.26 Å². The fourth-order valence-electron chi connectivity index (χ4n) is 2.05. The van der Waals surface area contributed by atoms with Gasteiger partial charge >= 0.3 is 5.97 Å². The average Bonchev–Trinajstić information content (AvgIpc) is 3.02. The molecule has 3 rings (SSSR count). The third-order valence-electron chi connectivity index (χ3n) is 3.08. The van der Waals surface area contributed by atoms with Crippen LogP contribution in [0.25, 0.3) is 23.1 Å². The minimum atomic E-state index is -0.484. The Hall–Kier alpha value is -2.95. The molecule has 5 heteroatoms. The summed E-state index contributed by atoms with van der Waals surface area (Å²) in [5.41, 5.74) is 2.13. The molecule has 0 radical (unpaired) electrons. The zero-order chi connectivity index (χ0) is 15.4. The van der Waals surface area contributed by atoms with Crippen molar-refractivity contribution in [3.63, 3.8) is 0 Å². The fraction of sp³-hybridized carbons (Fsp3) is 0.118. The Labute approximate surface area is 127 Å². The quantitative estimate of drug-likeness (QED) is 0.688. The molecule has 2 heterocycles. The van der Waals surface area contributed by atoms with Crippen LogP contribution in [0.5, 0.6) is 0 Å². The van der Waals surface area contributed by atoms with Gasteiger partial charge in [0, 0.05) is 17.6 Å². The number of rotatable bonds is 4. The largest absolute Gasteiger partial charge is 0.461 e. The first-order valence-corrected chi connectivity index (χ1v) is 6.93. The molecule has 0 saturated carbocycles. The van der Waals surface area contributed by atoms with E-state index in [0.717, 1.165) is 16.5 Å². The molecule has 5 nitrogen and oxygen atoms in total. The van der Waals surface area contributed by atoms with Gasteiger partial charge in [0.25, 0.3) is 0 Å². The third kappa shape index (κ3) is 3.03. The van der Waals surface area contributed by atoms with Crippen LogP contribution in [-0.2, 0) is 4.74 Å². The Bertz CT molecular complexity index is 837. The van der Waals surface area contributed by atoms with Crippen LogP contribution in [0.3, 0.4) is 0 Å². The van der Waals surface area contributed by atoms with Gasteiger partial charge in [0.1, 0.15) is 0 Å². The molecule has 0 bridgehead atoms. The lowest BCUT2D eigenvalue weighted by molar-refractivity contribution is 0.0514. The van der Waals surface area contributed by atoms with Crippen LogP contribution in [0.15, 0.2) is 47.1 Å². The number of nitrogens with zero attached hydrogens (tertiary/aromatic N) is 2. The summed E-state index contributed by atoms with van der Waals surface area (Å²) in [7, 11) is 0. The third-order valence-corrected chi connectivity index (χ3v) is 3.08. The van der Waals surface area contributed by atoms with E-state index in [2.05, 4.69) is 10.1 Å². The predicted octanol–water partition coefficient (Wildman–Crippen LogP) is 3.57. The molecule has 0 amide bonds. The lowest BCUT2D eigenvalue weighted by Crippen LogP contribution is -2.04. The van der Waals surface area contributed by atoms with Crippen LogP contribution < -0.4 is 0 Å². The van der Waals surface area contributed by atoms with Crippen LogP contribution in [-0.4, -0.2) is 22.7 Å². The highest BCUT2D eigenvalue weighted by molar-refractivity contribution is 5.88. The summed E-state index contributed by atoms with van der Waals surface area (Å²) < 4.78 is 9.95. The molecule has 1 aromatic carbocycles. The molecular formula is C17H14N2O3. The van der Waals surface area contributed by atoms with Gasteiger partial charge in [-0.3, -0.25) is 4.98 Å². The number of carbonyl (C=O) groups excluding carboxylic acids is 1. The van der Waals surface area contributed by atoms with E-state index in [4.69, 9.17) is 9.26 Å². The molecule has 3 aromatic rings. The summed E-state index contributed by atoms with van der Waals surface area (Å²) >= 11 is 0. The molecule has 0 fully saturated rings. The summed E-state index contributed by atoms with van der Waals surface area (Å²) in [5.74, 6) is 0.0111. The van der Waals surface area contributed by atoms with Crippen molar-refractivity contribution < 1.29 is 14.1 Å². The highest BCUT2D eigenvalue weighted by Crippen LogP contribution is 2.16. The number of benzene rings is 1. The van der Waals surface area contributed by atoms with Crippen LogP contribution in [0.1, 0.15) is 28.7 Å². The van der Waals surface area contributed by atoms with E-state index in [1.165, 1.54) is 0 Å². The molecule has 0 atom stereocenters. The first-order chi connectivity index (χ1) is 10.8. The van der Waals surface area contributed by atoms with Crippen LogP contribution in [0.2, 0.25) is 0 Å².